The van der Waals surface area contributed by atoms with Crippen molar-refractivity contribution in [3.8, 4) is 0 Å². The minimum absolute atomic E-state index is 0.0834. The topological polar surface area (TPSA) is 84.6 Å². The fraction of sp³-hybridized carbons (Fsp3) is 0.500. The van der Waals surface area contributed by atoms with Gasteiger partial charge in [0.05, 0.1) is 11.5 Å². The van der Waals surface area contributed by atoms with Gasteiger partial charge in [0.2, 0.25) is 0 Å². The third-order valence-electron chi connectivity index (χ3n) is 2.60. The molecule has 1 aliphatic rings. The summed E-state index contributed by atoms with van der Waals surface area (Å²) in [5, 5.41) is 8.61. The molecule has 1 aromatic rings. The molecule has 0 aliphatic carbocycles. The van der Waals surface area contributed by atoms with Gasteiger partial charge in [-0.15, -0.1) is 0 Å². The standard InChI is InChI=1S/C10H12O5S/c11-10(12)6-8-5-7-1-3-16(13,14)4-2-9(7)15-8/h5H,1-4,6H2,(H,11,12). The molecule has 0 saturated carbocycles. The van der Waals surface area contributed by atoms with Crippen LogP contribution in [-0.2, 0) is 33.9 Å². The van der Waals surface area contributed by atoms with Crippen molar-refractivity contribution >= 4 is 15.8 Å². The van der Waals surface area contributed by atoms with Crippen LogP contribution in [0.3, 0.4) is 0 Å². The molecule has 0 saturated heterocycles. The largest absolute Gasteiger partial charge is 0.481 e. The molecule has 5 nitrogen and oxygen atoms in total. The molecule has 1 N–H and O–H groups in total. The van der Waals surface area contributed by atoms with Crippen molar-refractivity contribution in [3.63, 3.8) is 0 Å². The van der Waals surface area contributed by atoms with Crippen LogP contribution in [0.15, 0.2) is 10.5 Å². The number of furan rings is 1. The van der Waals surface area contributed by atoms with E-state index >= 15 is 0 Å². The van der Waals surface area contributed by atoms with E-state index in [-0.39, 0.29) is 17.9 Å². The Hall–Kier alpha value is -1.30. The lowest BCUT2D eigenvalue weighted by Crippen LogP contribution is -2.10. The van der Waals surface area contributed by atoms with Gasteiger partial charge in [0, 0.05) is 6.42 Å². The first kappa shape index (κ1) is 11.2. The smallest absolute Gasteiger partial charge is 0.311 e. The number of sulfone groups is 1. The third kappa shape index (κ3) is 2.44. The van der Waals surface area contributed by atoms with E-state index in [1.165, 1.54) is 0 Å². The predicted molar refractivity (Wildman–Crippen MR) is 56.1 cm³/mol. The summed E-state index contributed by atoms with van der Waals surface area (Å²) in [4.78, 5) is 10.5. The minimum atomic E-state index is -2.97. The summed E-state index contributed by atoms with van der Waals surface area (Å²) in [5.41, 5.74) is 0.831. The van der Waals surface area contributed by atoms with Crippen molar-refractivity contribution < 1.29 is 22.7 Å². The molecule has 0 unspecified atom stereocenters. The molecular formula is C10H12O5S. The van der Waals surface area contributed by atoms with E-state index in [0.717, 1.165) is 5.56 Å². The number of fused-ring (bicyclic) bond motifs is 1. The summed E-state index contributed by atoms with van der Waals surface area (Å²) >= 11 is 0. The molecule has 2 rings (SSSR count). The van der Waals surface area contributed by atoms with Crippen LogP contribution in [0.1, 0.15) is 17.1 Å². The normalized spacial score (nSPS) is 18.8. The highest BCUT2D eigenvalue weighted by atomic mass is 32.2. The van der Waals surface area contributed by atoms with Crippen LogP contribution in [0.5, 0.6) is 0 Å². The van der Waals surface area contributed by atoms with Crippen LogP contribution in [0.2, 0.25) is 0 Å². The second-order valence-corrected chi connectivity index (χ2v) is 6.19. The van der Waals surface area contributed by atoms with E-state index in [4.69, 9.17) is 9.52 Å². The molecule has 6 heteroatoms. The van der Waals surface area contributed by atoms with Crippen LogP contribution in [0.4, 0.5) is 0 Å². The number of hydrogen-bond acceptors (Lipinski definition) is 4. The molecular weight excluding hydrogens is 232 g/mol. The molecule has 0 radical (unpaired) electrons. The van der Waals surface area contributed by atoms with Gasteiger partial charge < -0.3 is 9.52 Å². The number of carbonyl (C=O) groups is 1. The van der Waals surface area contributed by atoms with E-state index in [1.807, 2.05) is 0 Å². The Labute approximate surface area is 93.0 Å². The zero-order chi connectivity index (χ0) is 11.8. The Morgan fingerprint density at radius 1 is 1.38 bits per heavy atom. The second kappa shape index (κ2) is 3.93. The summed E-state index contributed by atoms with van der Waals surface area (Å²) in [7, 11) is -2.97. The van der Waals surface area contributed by atoms with Gasteiger partial charge in [-0.3, -0.25) is 4.79 Å². The third-order valence-corrected chi connectivity index (χ3v) is 4.25. The number of carboxylic acids is 1. The maximum Gasteiger partial charge on any atom is 0.311 e. The van der Waals surface area contributed by atoms with Crippen LogP contribution in [0, 0.1) is 0 Å². The molecule has 0 aromatic carbocycles. The number of aryl methyl sites for hydroxylation is 2. The highest BCUT2D eigenvalue weighted by molar-refractivity contribution is 7.91. The molecule has 16 heavy (non-hydrogen) atoms. The fourth-order valence-corrected chi connectivity index (χ4v) is 3.03. The summed E-state index contributed by atoms with van der Waals surface area (Å²) in [5.74, 6) is 0.275. The van der Waals surface area contributed by atoms with Crippen LogP contribution >= 0.6 is 0 Å². The van der Waals surface area contributed by atoms with Gasteiger partial charge in [-0.2, -0.15) is 0 Å². The quantitative estimate of drug-likeness (QED) is 0.815. The van der Waals surface area contributed by atoms with Crippen molar-refractivity contribution in [3.05, 3.63) is 23.2 Å². The average molecular weight is 244 g/mol. The summed E-state index contributed by atoms with van der Waals surface area (Å²) in [6.07, 6.45) is 0.609. The zero-order valence-electron chi connectivity index (χ0n) is 8.60. The van der Waals surface area contributed by atoms with Gasteiger partial charge in [0.25, 0.3) is 0 Å². The highest BCUT2D eigenvalue weighted by Crippen LogP contribution is 2.21. The van der Waals surface area contributed by atoms with E-state index in [1.54, 1.807) is 6.07 Å². The lowest BCUT2D eigenvalue weighted by Gasteiger charge is -1.96. The molecule has 1 aliphatic heterocycles. The van der Waals surface area contributed by atoms with Gasteiger partial charge in [-0.25, -0.2) is 8.42 Å². The molecule has 2 heterocycles. The van der Waals surface area contributed by atoms with Crippen molar-refractivity contribution in [2.24, 2.45) is 0 Å². The Balaban J connectivity index is 2.22. The van der Waals surface area contributed by atoms with Crippen molar-refractivity contribution in [2.45, 2.75) is 19.3 Å². The van der Waals surface area contributed by atoms with Gasteiger partial charge in [0.15, 0.2) is 9.84 Å². The van der Waals surface area contributed by atoms with Crippen molar-refractivity contribution in [2.75, 3.05) is 11.5 Å². The first-order valence-electron chi connectivity index (χ1n) is 4.99. The summed E-state index contributed by atoms with van der Waals surface area (Å²) in [6, 6.07) is 1.66. The lowest BCUT2D eigenvalue weighted by atomic mass is 10.1. The molecule has 88 valence electrons. The number of carboxylic acid groups (broad SMARTS) is 1. The molecule has 0 spiro atoms. The molecule has 0 bridgehead atoms. The van der Waals surface area contributed by atoms with Gasteiger partial charge >= 0.3 is 5.97 Å². The Morgan fingerprint density at radius 3 is 2.75 bits per heavy atom. The van der Waals surface area contributed by atoms with Crippen LogP contribution in [0.25, 0.3) is 0 Å². The van der Waals surface area contributed by atoms with Crippen molar-refractivity contribution in [1.82, 2.24) is 0 Å². The van der Waals surface area contributed by atoms with E-state index in [2.05, 4.69) is 0 Å². The zero-order valence-corrected chi connectivity index (χ0v) is 9.42. The molecule has 0 atom stereocenters. The Kier molecular flexibility index (Phi) is 2.75. The predicted octanol–water partition coefficient (Wildman–Crippen LogP) is 0.420. The van der Waals surface area contributed by atoms with Crippen LogP contribution in [-0.4, -0.2) is 31.0 Å². The monoisotopic (exact) mass is 244 g/mol. The van der Waals surface area contributed by atoms with Gasteiger partial charge in [0.1, 0.15) is 17.9 Å². The van der Waals surface area contributed by atoms with E-state index in [0.29, 0.717) is 24.4 Å². The Morgan fingerprint density at radius 2 is 2.06 bits per heavy atom. The Bertz CT molecular complexity index is 480. The fourth-order valence-electron chi connectivity index (χ4n) is 1.80. The molecule has 0 fully saturated rings. The first-order chi connectivity index (χ1) is 7.46. The van der Waals surface area contributed by atoms with Gasteiger partial charge in [-0.1, -0.05) is 0 Å². The maximum atomic E-state index is 11.4. The maximum absolute atomic E-state index is 11.4. The molecule has 0 amide bonds. The first-order valence-corrected chi connectivity index (χ1v) is 6.81. The summed E-state index contributed by atoms with van der Waals surface area (Å²) in [6.45, 7) is 0. The SMILES string of the molecule is O=C(O)Cc1cc2c(o1)CCS(=O)(=O)CC2. The summed E-state index contributed by atoms with van der Waals surface area (Å²) < 4.78 is 28.1. The number of aliphatic carboxylic acids is 1. The second-order valence-electron chi connectivity index (χ2n) is 3.88. The number of hydrogen-bond donors (Lipinski definition) is 1. The van der Waals surface area contributed by atoms with E-state index in [9.17, 15) is 13.2 Å². The minimum Gasteiger partial charge on any atom is -0.481 e. The molecule has 1 aromatic heterocycles. The van der Waals surface area contributed by atoms with E-state index < -0.39 is 15.8 Å². The van der Waals surface area contributed by atoms with Crippen molar-refractivity contribution in [1.29, 1.82) is 0 Å². The average Bonchev–Trinajstić information content (AvgIpc) is 2.48. The van der Waals surface area contributed by atoms with Gasteiger partial charge in [-0.05, 0) is 18.1 Å². The highest BCUT2D eigenvalue weighted by Gasteiger charge is 2.22. The lowest BCUT2D eigenvalue weighted by molar-refractivity contribution is -0.136. The number of rotatable bonds is 2. The van der Waals surface area contributed by atoms with Crippen LogP contribution < -0.4 is 0 Å².